The van der Waals surface area contributed by atoms with Gasteiger partial charge in [0.1, 0.15) is 5.75 Å². The van der Waals surface area contributed by atoms with E-state index in [2.05, 4.69) is 39.5 Å². The maximum absolute atomic E-state index is 14.3. The number of aromatic nitrogens is 2. The number of hydrogen-bond donors (Lipinski definition) is 2. The van der Waals surface area contributed by atoms with Crippen LogP contribution in [0.5, 0.6) is 5.75 Å². The third-order valence-corrected chi connectivity index (χ3v) is 8.67. The van der Waals surface area contributed by atoms with Crippen molar-refractivity contribution in [2.45, 2.75) is 50.2 Å². The van der Waals surface area contributed by atoms with Crippen molar-refractivity contribution in [2.24, 2.45) is 0 Å². The van der Waals surface area contributed by atoms with Crippen molar-refractivity contribution in [1.29, 1.82) is 0 Å². The molecule has 1 saturated carbocycles. The van der Waals surface area contributed by atoms with Crippen molar-refractivity contribution >= 4 is 22.8 Å². The first kappa shape index (κ1) is 28.7. The summed E-state index contributed by atoms with van der Waals surface area (Å²) in [5, 5.41) is 8.79. The largest absolute Gasteiger partial charge is 0.493 e. The number of ether oxygens (including phenoxy) is 2. The molecule has 3 aromatic carbocycles. The zero-order valence-corrected chi connectivity index (χ0v) is 24.6. The van der Waals surface area contributed by atoms with Gasteiger partial charge < -0.3 is 29.6 Å². The number of imidazole rings is 1. The molecule has 1 aliphatic heterocycles. The molecule has 3 atom stereocenters. The first-order valence-electron chi connectivity index (χ1n) is 15.2. The maximum Gasteiger partial charge on any atom is 0.407 e. The van der Waals surface area contributed by atoms with Crippen LogP contribution in [0.1, 0.15) is 48.6 Å². The number of alkyl carbamates (subject to hydrolysis) is 1. The minimum atomic E-state index is -0.441. The van der Waals surface area contributed by atoms with Gasteiger partial charge in [0.2, 0.25) is 0 Å². The fraction of sp³-hybridized carbons (Fsp3) is 0.382. The van der Waals surface area contributed by atoms with Crippen LogP contribution >= 0.6 is 0 Å². The third kappa shape index (κ3) is 6.37. The molecule has 1 aliphatic carbocycles. The highest BCUT2D eigenvalue weighted by atomic mass is 16.5. The minimum absolute atomic E-state index is 0.0288. The molecule has 2 heterocycles. The first-order valence-corrected chi connectivity index (χ1v) is 15.2. The molecule has 9 nitrogen and oxygen atoms in total. The molecule has 0 radical (unpaired) electrons. The van der Waals surface area contributed by atoms with Gasteiger partial charge in [-0.3, -0.25) is 4.79 Å². The van der Waals surface area contributed by atoms with Crippen LogP contribution in [0, 0.1) is 0 Å². The van der Waals surface area contributed by atoms with Crippen LogP contribution in [-0.2, 0) is 4.74 Å². The fourth-order valence-corrected chi connectivity index (χ4v) is 6.47. The molecule has 9 heteroatoms. The molecule has 224 valence electrons. The number of carbonyl (C=O) groups excluding carboxylic acids is 2. The summed E-state index contributed by atoms with van der Waals surface area (Å²) in [5.74, 6) is 0.746. The lowest BCUT2D eigenvalue weighted by molar-refractivity contribution is 0.0601. The summed E-state index contributed by atoms with van der Waals surface area (Å²) >= 11 is 0. The van der Waals surface area contributed by atoms with E-state index in [1.807, 2.05) is 53.4 Å². The van der Waals surface area contributed by atoms with Gasteiger partial charge in [0.05, 0.1) is 37.8 Å². The Bertz CT molecular complexity index is 1550. The predicted molar refractivity (Wildman–Crippen MR) is 166 cm³/mol. The molecule has 43 heavy (non-hydrogen) atoms. The van der Waals surface area contributed by atoms with Gasteiger partial charge in [0.15, 0.2) is 5.69 Å². The van der Waals surface area contributed by atoms with E-state index in [-0.39, 0.29) is 24.0 Å². The summed E-state index contributed by atoms with van der Waals surface area (Å²) in [6.45, 7) is 2.51. The second-order valence-corrected chi connectivity index (χ2v) is 11.3. The van der Waals surface area contributed by atoms with E-state index in [1.165, 1.54) is 12.5 Å². The average Bonchev–Trinajstić information content (AvgIpc) is 3.50. The van der Waals surface area contributed by atoms with E-state index in [4.69, 9.17) is 14.5 Å². The summed E-state index contributed by atoms with van der Waals surface area (Å²) in [4.78, 5) is 33.1. The topological polar surface area (TPSA) is 97.7 Å². The highest BCUT2D eigenvalue weighted by molar-refractivity contribution is 5.98. The Balaban J connectivity index is 1.23. The van der Waals surface area contributed by atoms with Crippen molar-refractivity contribution in [3.63, 3.8) is 0 Å². The predicted octanol–water partition coefficient (Wildman–Crippen LogP) is 5.43. The number of nitrogens with zero attached hydrogens (tertiary/aromatic N) is 3. The lowest BCUT2D eigenvalue weighted by Crippen LogP contribution is -2.54. The zero-order valence-electron chi connectivity index (χ0n) is 24.6. The van der Waals surface area contributed by atoms with Crippen molar-refractivity contribution < 1.29 is 19.1 Å². The van der Waals surface area contributed by atoms with Crippen molar-refractivity contribution in [3.8, 4) is 17.0 Å². The van der Waals surface area contributed by atoms with Gasteiger partial charge in [0.25, 0.3) is 5.91 Å². The number of carbonyl (C=O) groups is 2. The van der Waals surface area contributed by atoms with Gasteiger partial charge in [-0.25, -0.2) is 9.78 Å². The number of amides is 2. The zero-order chi connectivity index (χ0) is 29.6. The quantitative estimate of drug-likeness (QED) is 0.288. The molecule has 6 rings (SSSR count). The van der Waals surface area contributed by atoms with Crippen molar-refractivity contribution in [1.82, 2.24) is 25.1 Å². The lowest BCUT2D eigenvalue weighted by Gasteiger charge is -2.36. The van der Waals surface area contributed by atoms with Crippen LogP contribution in [-0.4, -0.2) is 71.9 Å². The van der Waals surface area contributed by atoms with Gasteiger partial charge in [-0.05, 0) is 35.7 Å². The molecule has 0 bridgehead atoms. The molecule has 2 amide bonds. The molecule has 4 aromatic rings. The number of rotatable bonds is 8. The molecule has 0 spiro atoms. The van der Waals surface area contributed by atoms with Crippen LogP contribution in [0.4, 0.5) is 4.79 Å². The number of nitrogens with one attached hydrogen (secondary N) is 2. The lowest BCUT2D eigenvalue weighted by atomic mass is 9.89. The molecule has 0 unspecified atom stereocenters. The average molecular weight is 582 g/mol. The van der Waals surface area contributed by atoms with E-state index in [1.54, 1.807) is 6.33 Å². The second-order valence-electron chi connectivity index (χ2n) is 11.3. The van der Waals surface area contributed by atoms with Crippen LogP contribution in [0.25, 0.3) is 22.0 Å². The molecule has 1 aromatic heterocycles. The summed E-state index contributed by atoms with van der Waals surface area (Å²) < 4.78 is 13.2. The fourth-order valence-electron chi connectivity index (χ4n) is 6.47. The molecule has 1 saturated heterocycles. The van der Waals surface area contributed by atoms with E-state index in [0.717, 1.165) is 54.6 Å². The van der Waals surface area contributed by atoms with Crippen LogP contribution in [0.15, 0.2) is 79.1 Å². The standard InChI is InChI=1S/C34H39N5O4/c1-42-34(41)37-29-13-7-8-14-30(29)39-23-36-31(32(39)25-10-3-2-4-11-25)33(40)38-19-18-35-22-27(38)17-20-43-28-16-15-24-9-5-6-12-26(24)21-28/h2-6,9-12,15-16,21,23,27,29-30,35H,7-8,13-14,17-20,22H2,1H3,(H,37,41)/t27-,29+,30+/m1/s1. The van der Waals surface area contributed by atoms with Crippen molar-refractivity contribution in [3.05, 3.63) is 84.8 Å². The number of piperazine rings is 1. The first-order chi connectivity index (χ1) is 21.1. The minimum Gasteiger partial charge on any atom is -0.493 e. The monoisotopic (exact) mass is 581 g/mol. The number of benzene rings is 3. The van der Waals surface area contributed by atoms with Crippen LogP contribution in [0.3, 0.4) is 0 Å². The Morgan fingerprint density at radius 2 is 1.79 bits per heavy atom. The molecule has 2 aliphatic rings. The normalized spacial score (nSPS) is 20.5. The van der Waals surface area contributed by atoms with E-state index in [0.29, 0.717) is 31.8 Å². The Kier molecular flexibility index (Phi) is 8.88. The Morgan fingerprint density at radius 3 is 2.63 bits per heavy atom. The number of methoxy groups -OCH3 is 1. The Hall–Kier alpha value is -4.37. The summed E-state index contributed by atoms with van der Waals surface area (Å²) in [5.41, 5.74) is 2.16. The molecule has 2 fully saturated rings. The van der Waals surface area contributed by atoms with Gasteiger partial charge >= 0.3 is 6.09 Å². The van der Waals surface area contributed by atoms with Gasteiger partial charge in [-0.1, -0.05) is 73.5 Å². The highest BCUT2D eigenvalue weighted by Crippen LogP contribution is 2.35. The van der Waals surface area contributed by atoms with Crippen LogP contribution < -0.4 is 15.4 Å². The van der Waals surface area contributed by atoms with E-state index in [9.17, 15) is 9.59 Å². The molecular formula is C34H39N5O4. The van der Waals surface area contributed by atoms with E-state index < -0.39 is 6.09 Å². The smallest absolute Gasteiger partial charge is 0.407 e. The Labute approximate surface area is 252 Å². The molecule has 2 N–H and O–H groups in total. The maximum atomic E-state index is 14.3. The Morgan fingerprint density at radius 1 is 1.00 bits per heavy atom. The van der Waals surface area contributed by atoms with Gasteiger partial charge in [-0.2, -0.15) is 0 Å². The number of hydrogen-bond acceptors (Lipinski definition) is 6. The molecular weight excluding hydrogens is 542 g/mol. The van der Waals surface area contributed by atoms with E-state index >= 15 is 0 Å². The van der Waals surface area contributed by atoms with Crippen LogP contribution in [0.2, 0.25) is 0 Å². The highest BCUT2D eigenvalue weighted by Gasteiger charge is 2.35. The summed E-state index contributed by atoms with van der Waals surface area (Å²) in [7, 11) is 1.38. The summed E-state index contributed by atoms with van der Waals surface area (Å²) in [6.07, 6.45) is 5.81. The third-order valence-electron chi connectivity index (χ3n) is 8.67. The van der Waals surface area contributed by atoms with Gasteiger partial charge in [0, 0.05) is 37.7 Å². The van der Waals surface area contributed by atoms with Crippen molar-refractivity contribution in [2.75, 3.05) is 33.4 Å². The summed E-state index contributed by atoms with van der Waals surface area (Å²) in [6, 6.07) is 24.1. The van der Waals surface area contributed by atoms with Gasteiger partial charge in [-0.15, -0.1) is 0 Å². The number of fused-ring (bicyclic) bond motifs is 1. The SMILES string of the molecule is COC(=O)N[C@H]1CCCC[C@@H]1n1cnc(C(=O)N2CCNC[C@H]2CCOc2ccc3ccccc3c2)c1-c1ccccc1. The second kappa shape index (κ2) is 13.3.